The highest BCUT2D eigenvalue weighted by Gasteiger charge is 2.41. The predicted octanol–water partition coefficient (Wildman–Crippen LogP) is 2.62. The first-order valence-electron chi connectivity index (χ1n) is 7.98. The number of fused-ring (bicyclic) bond motifs is 1. The Kier molecular flexibility index (Phi) is 3.65. The highest BCUT2D eigenvalue weighted by Crippen LogP contribution is 2.32. The van der Waals surface area contributed by atoms with Crippen molar-refractivity contribution in [2.24, 2.45) is 11.8 Å². The summed E-state index contributed by atoms with van der Waals surface area (Å²) in [7, 11) is 0. The van der Waals surface area contributed by atoms with E-state index in [1.807, 2.05) is 11.0 Å². The van der Waals surface area contributed by atoms with Gasteiger partial charge in [0.2, 0.25) is 0 Å². The van der Waals surface area contributed by atoms with E-state index in [-0.39, 0.29) is 11.7 Å². The van der Waals surface area contributed by atoms with Crippen molar-refractivity contribution in [3.05, 3.63) is 59.8 Å². The molecular formula is C18H19FN2O2. The number of benzene rings is 1. The van der Waals surface area contributed by atoms with Gasteiger partial charge >= 0.3 is 0 Å². The van der Waals surface area contributed by atoms with Crippen LogP contribution in [-0.4, -0.2) is 41.9 Å². The smallest absolute Gasteiger partial charge is 0.289 e. The van der Waals surface area contributed by atoms with E-state index in [9.17, 15) is 9.18 Å². The van der Waals surface area contributed by atoms with E-state index in [0.29, 0.717) is 17.6 Å². The quantitative estimate of drug-likeness (QED) is 0.874. The molecular weight excluding hydrogens is 295 g/mol. The Hall–Kier alpha value is -2.14. The maximum absolute atomic E-state index is 13.3. The summed E-state index contributed by atoms with van der Waals surface area (Å²) in [5.74, 6) is 1.23. The molecule has 4 rings (SSSR count). The molecule has 5 heteroatoms. The monoisotopic (exact) mass is 314 g/mol. The number of furan rings is 1. The highest BCUT2D eigenvalue weighted by atomic mass is 19.1. The van der Waals surface area contributed by atoms with Crippen molar-refractivity contribution >= 4 is 5.91 Å². The molecule has 1 aromatic carbocycles. The lowest BCUT2D eigenvalue weighted by atomic mass is 10.0. The number of rotatable bonds is 3. The zero-order valence-electron chi connectivity index (χ0n) is 12.8. The number of likely N-dealkylation sites (tertiary alicyclic amines) is 2. The fourth-order valence-electron chi connectivity index (χ4n) is 3.83. The fourth-order valence-corrected chi connectivity index (χ4v) is 3.83. The molecule has 0 spiro atoms. The van der Waals surface area contributed by atoms with Crippen molar-refractivity contribution in [2.45, 2.75) is 6.54 Å². The Bertz CT molecular complexity index is 687. The Morgan fingerprint density at radius 2 is 1.91 bits per heavy atom. The maximum atomic E-state index is 13.3. The molecule has 4 nitrogen and oxygen atoms in total. The lowest BCUT2D eigenvalue weighted by molar-refractivity contribution is 0.0742. The van der Waals surface area contributed by atoms with E-state index >= 15 is 0 Å². The summed E-state index contributed by atoms with van der Waals surface area (Å²) in [6.07, 6.45) is 1.53. The van der Waals surface area contributed by atoms with Crippen LogP contribution in [0.2, 0.25) is 0 Å². The molecule has 2 atom stereocenters. The Morgan fingerprint density at radius 3 is 2.57 bits per heavy atom. The number of nitrogens with zero attached hydrogens (tertiary/aromatic N) is 2. The Balaban J connectivity index is 1.36. The molecule has 2 unspecified atom stereocenters. The summed E-state index contributed by atoms with van der Waals surface area (Å²) in [5.41, 5.74) is 1.01. The molecule has 2 saturated heterocycles. The second kappa shape index (κ2) is 5.81. The third-order valence-electron chi connectivity index (χ3n) is 4.88. The molecule has 23 heavy (non-hydrogen) atoms. The van der Waals surface area contributed by atoms with Gasteiger partial charge in [-0.3, -0.25) is 9.69 Å². The van der Waals surface area contributed by atoms with Crippen LogP contribution in [0.4, 0.5) is 4.39 Å². The summed E-state index contributed by atoms with van der Waals surface area (Å²) in [5, 5.41) is 0. The molecule has 2 aliphatic rings. The topological polar surface area (TPSA) is 36.7 Å². The van der Waals surface area contributed by atoms with Crippen LogP contribution in [-0.2, 0) is 6.54 Å². The average Bonchev–Trinajstić information content (AvgIpc) is 3.22. The summed E-state index contributed by atoms with van der Waals surface area (Å²) in [6.45, 7) is 4.26. The van der Waals surface area contributed by atoms with E-state index in [4.69, 9.17) is 4.42 Å². The summed E-state index contributed by atoms with van der Waals surface area (Å²) >= 11 is 0. The van der Waals surface area contributed by atoms with Crippen molar-refractivity contribution in [2.75, 3.05) is 26.2 Å². The van der Waals surface area contributed by atoms with Gasteiger partial charge in [0.15, 0.2) is 5.76 Å². The average molecular weight is 314 g/mol. The van der Waals surface area contributed by atoms with E-state index in [1.165, 1.54) is 12.3 Å². The van der Waals surface area contributed by atoms with Crippen molar-refractivity contribution in [3.63, 3.8) is 0 Å². The second-order valence-corrected chi connectivity index (χ2v) is 6.53. The van der Waals surface area contributed by atoms with Crippen molar-refractivity contribution in [3.8, 4) is 0 Å². The molecule has 2 fully saturated rings. The zero-order valence-corrected chi connectivity index (χ0v) is 12.8. The summed E-state index contributed by atoms with van der Waals surface area (Å²) in [6, 6.07) is 10.2. The molecule has 0 N–H and O–H groups in total. The first kappa shape index (κ1) is 14.5. The highest BCUT2D eigenvalue weighted by molar-refractivity contribution is 5.91. The predicted molar refractivity (Wildman–Crippen MR) is 83.3 cm³/mol. The van der Waals surface area contributed by atoms with Crippen LogP contribution in [0, 0.1) is 17.7 Å². The van der Waals surface area contributed by atoms with Gasteiger partial charge in [-0.05, 0) is 41.7 Å². The lowest BCUT2D eigenvalue weighted by Gasteiger charge is -2.21. The summed E-state index contributed by atoms with van der Waals surface area (Å²) in [4.78, 5) is 16.6. The van der Waals surface area contributed by atoms with Gasteiger partial charge in [-0.1, -0.05) is 12.1 Å². The van der Waals surface area contributed by atoms with Crippen LogP contribution in [0.25, 0.3) is 0 Å². The third kappa shape index (κ3) is 2.88. The minimum atomic E-state index is -0.183. The summed E-state index contributed by atoms with van der Waals surface area (Å²) < 4.78 is 18.5. The van der Waals surface area contributed by atoms with Crippen LogP contribution >= 0.6 is 0 Å². The fraction of sp³-hybridized carbons (Fsp3) is 0.389. The van der Waals surface area contributed by atoms with Crippen LogP contribution in [0.3, 0.4) is 0 Å². The Labute approximate surface area is 134 Å². The minimum Gasteiger partial charge on any atom is -0.459 e. The molecule has 0 radical (unpaired) electrons. The van der Waals surface area contributed by atoms with Gasteiger partial charge in [0.1, 0.15) is 5.82 Å². The van der Waals surface area contributed by atoms with Gasteiger partial charge in [0.25, 0.3) is 5.91 Å². The zero-order chi connectivity index (χ0) is 15.8. The largest absolute Gasteiger partial charge is 0.459 e. The van der Waals surface area contributed by atoms with E-state index in [0.717, 1.165) is 38.3 Å². The first-order valence-corrected chi connectivity index (χ1v) is 7.98. The number of hydrogen-bond acceptors (Lipinski definition) is 3. The standard InChI is InChI=1S/C18H19FN2O2/c19-16-4-1-3-13(7-16)8-20-9-14-11-21(12-15(14)10-20)18(22)17-5-2-6-23-17/h1-7,14-15H,8-12H2. The molecule has 0 saturated carbocycles. The van der Waals surface area contributed by atoms with Crippen molar-refractivity contribution in [1.82, 2.24) is 9.80 Å². The number of halogens is 1. The molecule has 2 aromatic rings. The van der Waals surface area contributed by atoms with E-state index < -0.39 is 0 Å². The normalized spacial score (nSPS) is 24.1. The van der Waals surface area contributed by atoms with Crippen LogP contribution in [0.1, 0.15) is 16.1 Å². The molecule has 0 bridgehead atoms. The van der Waals surface area contributed by atoms with Gasteiger partial charge in [0.05, 0.1) is 6.26 Å². The SMILES string of the molecule is O=C(c1ccco1)N1CC2CN(Cc3cccc(F)c3)CC2C1. The molecule has 3 heterocycles. The molecule has 1 amide bonds. The van der Waals surface area contributed by atoms with Gasteiger partial charge < -0.3 is 9.32 Å². The van der Waals surface area contributed by atoms with Crippen LogP contribution < -0.4 is 0 Å². The first-order chi connectivity index (χ1) is 11.2. The van der Waals surface area contributed by atoms with E-state index in [2.05, 4.69) is 4.90 Å². The third-order valence-corrected chi connectivity index (χ3v) is 4.88. The van der Waals surface area contributed by atoms with Gasteiger partial charge in [-0.2, -0.15) is 0 Å². The molecule has 120 valence electrons. The lowest BCUT2D eigenvalue weighted by Crippen LogP contribution is -2.32. The van der Waals surface area contributed by atoms with Gasteiger partial charge in [0, 0.05) is 32.7 Å². The van der Waals surface area contributed by atoms with Gasteiger partial charge in [-0.15, -0.1) is 0 Å². The van der Waals surface area contributed by atoms with Crippen molar-refractivity contribution < 1.29 is 13.6 Å². The van der Waals surface area contributed by atoms with Gasteiger partial charge in [-0.25, -0.2) is 4.39 Å². The van der Waals surface area contributed by atoms with Crippen molar-refractivity contribution in [1.29, 1.82) is 0 Å². The number of carbonyl (C=O) groups is 1. The second-order valence-electron chi connectivity index (χ2n) is 6.53. The number of carbonyl (C=O) groups excluding carboxylic acids is 1. The minimum absolute atomic E-state index is 0.0129. The molecule has 0 aliphatic carbocycles. The maximum Gasteiger partial charge on any atom is 0.289 e. The van der Waals surface area contributed by atoms with Crippen LogP contribution in [0.15, 0.2) is 47.1 Å². The molecule has 2 aliphatic heterocycles. The molecule has 1 aromatic heterocycles. The number of amides is 1. The Morgan fingerprint density at radius 1 is 1.13 bits per heavy atom. The number of hydrogen-bond donors (Lipinski definition) is 0. The van der Waals surface area contributed by atoms with E-state index in [1.54, 1.807) is 24.3 Å². The van der Waals surface area contributed by atoms with Crippen LogP contribution in [0.5, 0.6) is 0 Å².